The summed E-state index contributed by atoms with van der Waals surface area (Å²) in [7, 11) is 0. The fourth-order valence-electron chi connectivity index (χ4n) is 3.18. The molecule has 2 aromatic carbocycles. The highest BCUT2D eigenvalue weighted by Gasteiger charge is 2.23. The number of carbonyl (C=O) groups excluding carboxylic acids is 2. The molecule has 0 bridgehead atoms. The van der Waals surface area contributed by atoms with E-state index in [2.05, 4.69) is 10.4 Å². The van der Waals surface area contributed by atoms with E-state index in [1.807, 2.05) is 6.92 Å². The van der Waals surface area contributed by atoms with Crippen molar-refractivity contribution in [2.24, 2.45) is 0 Å². The Morgan fingerprint density at radius 1 is 1.12 bits per heavy atom. The largest absolute Gasteiger partial charge is 0.462 e. The van der Waals surface area contributed by atoms with Gasteiger partial charge in [-0.1, -0.05) is 23.2 Å². The molecule has 32 heavy (non-hydrogen) atoms. The molecule has 0 aliphatic rings. The van der Waals surface area contributed by atoms with Crippen LogP contribution in [0.5, 0.6) is 0 Å². The maximum Gasteiger partial charge on any atom is 0.349 e. The number of aromatic nitrogens is 2. The van der Waals surface area contributed by atoms with Crippen molar-refractivity contribution < 1.29 is 18.7 Å². The van der Waals surface area contributed by atoms with Gasteiger partial charge in [-0.2, -0.15) is 5.10 Å². The lowest BCUT2D eigenvalue weighted by atomic mass is 10.1. The van der Waals surface area contributed by atoms with Gasteiger partial charge < -0.3 is 14.5 Å². The number of nitrogens with one attached hydrogen (secondary N) is 1. The number of esters is 1. The number of halogens is 1. The lowest BCUT2D eigenvalue weighted by molar-refractivity contribution is 0.0527. The lowest BCUT2D eigenvalue weighted by Gasteiger charge is -2.11. The Labute approximate surface area is 187 Å². The molecule has 9 heteroatoms. The Morgan fingerprint density at radius 3 is 2.59 bits per heavy atom. The number of rotatable bonds is 5. The molecule has 0 atom stereocenters. The average molecular weight is 452 g/mol. The van der Waals surface area contributed by atoms with Crippen molar-refractivity contribution in [1.29, 1.82) is 0 Å². The highest BCUT2D eigenvalue weighted by molar-refractivity contribution is 6.30. The molecular weight excluding hydrogens is 434 g/mol. The van der Waals surface area contributed by atoms with Gasteiger partial charge in [-0.15, -0.1) is 0 Å². The molecule has 0 aliphatic carbocycles. The average Bonchev–Trinajstić information content (AvgIpc) is 3.17. The number of benzene rings is 2. The topological polar surface area (TPSA) is 103 Å². The summed E-state index contributed by atoms with van der Waals surface area (Å²) in [6.07, 6.45) is 1.29. The maximum absolute atomic E-state index is 13.0. The molecule has 4 rings (SSSR count). The molecule has 2 heterocycles. The molecule has 0 radical (unpaired) electrons. The number of aryl methyl sites for hydroxylation is 1. The van der Waals surface area contributed by atoms with Crippen LogP contribution in [0, 0.1) is 6.92 Å². The molecule has 0 aliphatic heterocycles. The molecule has 1 N–H and O–H groups in total. The highest BCUT2D eigenvalue weighted by atomic mass is 35.5. The summed E-state index contributed by atoms with van der Waals surface area (Å²) in [5.41, 5.74) is 0.895. The standard InChI is InChI=1S/C23H18ClN3O5/c1-3-31-22(29)18-12-25-27(16-7-5-15(24)6-8-16)20(18)26-21(28)17-11-14-10-13(2)4-9-19(14)32-23(17)30/h4-12H,3H2,1-2H3,(H,26,28). The second-order valence-corrected chi connectivity index (χ2v) is 7.39. The third-order valence-corrected chi connectivity index (χ3v) is 4.95. The van der Waals surface area contributed by atoms with Gasteiger partial charge in [-0.05, 0) is 56.3 Å². The SMILES string of the molecule is CCOC(=O)c1cnn(-c2ccc(Cl)cc2)c1NC(=O)c1cc2cc(C)ccc2oc1=O. The Kier molecular flexibility index (Phi) is 5.79. The first-order chi connectivity index (χ1) is 15.4. The predicted molar refractivity (Wildman–Crippen MR) is 120 cm³/mol. The summed E-state index contributed by atoms with van der Waals surface area (Å²) in [4.78, 5) is 37.9. The van der Waals surface area contributed by atoms with Crippen molar-refractivity contribution in [2.45, 2.75) is 13.8 Å². The summed E-state index contributed by atoms with van der Waals surface area (Å²) in [6, 6.07) is 13.4. The van der Waals surface area contributed by atoms with Crippen LogP contribution < -0.4 is 10.9 Å². The van der Waals surface area contributed by atoms with E-state index >= 15 is 0 Å². The van der Waals surface area contributed by atoms with Crippen LogP contribution in [-0.2, 0) is 4.74 Å². The van der Waals surface area contributed by atoms with E-state index in [0.29, 0.717) is 21.7 Å². The third-order valence-electron chi connectivity index (χ3n) is 4.70. The minimum atomic E-state index is -0.797. The minimum Gasteiger partial charge on any atom is -0.462 e. The highest BCUT2D eigenvalue weighted by Crippen LogP contribution is 2.24. The van der Waals surface area contributed by atoms with Crippen molar-refractivity contribution in [3.63, 3.8) is 0 Å². The third kappa shape index (κ3) is 4.13. The molecule has 4 aromatic rings. The predicted octanol–water partition coefficient (Wildman–Crippen LogP) is 4.37. The van der Waals surface area contributed by atoms with Gasteiger partial charge in [-0.25, -0.2) is 14.3 Å². The van der Waals surface area contributed by atoms with Crippen LogP contribution in [0.25, 0.3) is 16.7 Å². The second-order valence-electron chi connectivity index (χ2n) is 6.96. The number of amides is 1. The van der Waals surface area contributed by atoms with Gasteiger partial charge in [-0.3, -0.25) is 4.79 Å². The Bertz CT molecular complexity index is 1390. The maximum atomic E-state index is 13.0. The van der Waals surface area contributed by atoms with Gasteiger partial charge in [0.1, 0.15) is 16.7 Å². The van der Waals surface area contributed by atoms with E-state index in [-0.39, 0.29) is 23.6 Å². The van der Waals surface area contributed by atoms with E-state index in [1.54, 1.807) is 49.4 Å². The van der Waals surface area contributed by atoms with Gasteiger partial charge in [0.15, 0.2) is 5.82 Å². The molecule has 0 spiro atoms. The number of fused-ring (bicyclic) bond motifs is 1. The van der Waals surface area contributed by atoms with Crippen molar-refractivity contribution >= 4 is 40.3 Å². The van der Waals surface area contributed by atoms with Gasteiger partial charge in [0.2, 0.25) is 0 Å². The monoisotopic (exact) mass is 451 g/mol. The van der Waals surface area contributed by atoms with Crippen molar-refractivity contribution in [2.75, 3.05) is 11.9 Å². The number of hydrogen-bond acceptors (Lipinski definition) is 6. The Balaban J connectivity index is 1.78. The minimum absolute atomic E-state index is 0.0381. The van der Waals surface area contributed by atoms with E-state index in [4.69, 9.17) is 20.8 Å². The normalized spacial score (nSPS) is 10.8. The fourth-order valence-corrected chi connectivity index (χ4v) is 3.31. The van der Waals surface area contributed by atoms with Crippen molar-refractivity contribution in [1.82, 2.24) is 9.78 Å². The molecule has 0 fully saturated rings. The summed E-state index contributed by atoms with van der Waals surface area (Å²) in [5, 5.41) is 7.94. The first kappa shape index (κ1) is 21.3. The van der Waals surface area contributed by atoms with Crippen LogP contribution in [-0.4, -0.2) is 28.3 Å². The quantitative estimate of drug-likeness (QED) is 0.357. The lowest BCUT2D eigenvalue weighted by Crippen LogP contribution is -2.23. The molecule has 0 saturated carbocycles. The zero-order valence-corrected chi connectivity index (χ0v) is 18.0. The zero-order valence-electron chi connectivity index (χ0n) is 17.2. The number of anilines is 1. The smallest absolute Gasteiger partial charge is 0.349 e. The summed E-state index contributed by atoms with van der Waals surface area (Å²) < 4.78 is 11.7. The Hall–Kier alpha value is -3.91. The van der Waals surface area contributed by atoms with E-state index in [9.17, 15) is 14.4 Å². The molecule has 0 unspecified atom stereocenters. The van der Waals surface area contributed by atoms with E-state index in [0.717, 1.165) is 5.56 Å². The van der Waals surface area contributed by atoms with E-state index < -0.39 is 17.5 Å². The number of hydrogen-bond donors (Lipinski definition) is 1. The fraction of sp³-hybridized carbons (Fsp3) is 0.130. The van der Waals surface area contributed by atoms with Gasteiger partial charge in [0.05, 0.1) is 18.5 Å². The van der Waals surface area contributed by atoms with Crippen LogP contribution in [0.2, 0.25) is 5.02 Å². The van der Waals surface area contributed by atoms with Crippen LogP contribution in [0.15, 0.2) is 63.9 Å². The zero-order chi connectivity index (χ0) is 22.8. The van der Waals surface area contributed by atoms with Gasteiger partial charge in [0, 0.05) is 10.4 Å². The Morgan fingerprint density at radius 2 is 1.88 bits per heavy atom. The first-order valence-electron chi connectivity index (χ1n) is 9.74. The van der Waals surface area contributed by atoms with Crippen molar-refractivity contribution in [3.8, 4) is 5.69 Å². The summed E-state index contributed by atoms with van der Waals surface area (Å²) >= 11 is 5.96. The second kappa shape index (κ2) is 8.68. The molecular formula is C23H18ClN3O5. The van der Waals surface area contributed by atoms with Gasteiger partial charge in [0.25, 0.3) is 5.91 Å². The number of carbonyl (C=O) groups is 2. The van der Waals surface area contributed by atoms with E-state index in [1.165, 1.54) is 16.9 Å². The molecule has 0 saturated heterocycles. The molecule has 1 amide bonds. The first-order valence-corrected chi connectivity index (χ1v) is 10.1. The molecule has 2 aromatic heterocycles. The summed E-state index contributed by atoms with van der Waals surface area (Å²) in [5.74, 6) is -1.35. The summed E-state index contributed by atoms with van der Waals surface area (Å²) in [6.45, 7) is 3.70. The number of ether oxygens (including phenoxy) is 1. The molecule has 162 valence electrons. The van der Waals surface area contributed by atoms with Crippen LogP contribution in [0.1, 0.15) is 33.2 Å². The number of nitrogens with zero attached hydrogens (tertiary/aromatic N) is 2. The van der Waals surface area contributed by atoms with Gasteiger partial charge >= 0.3 is 11.6 Å². The van der Waals surface area contributed by atoms with Crippen LogP contribution in [0.4, 0.5) is 5.82 Å². The van der Waals surface area contributed by atoms with Crippen molar-refractivity contribution in [3.05, 3.63) is 86.9 Å². The van der Waals surface area contributed by atoms with Crippen LogP contribution in [0.3, 0.4) is 0 Å². The molecule has 8 nitrogen and oxygen atoms in total. The van der Waals surface area contributed by atoms with Crippen LogP contribution >= 0.6 is 11.6 Å².